The molecule has 3 aromatic heterocycles. The van der Waals surface area contributed by atoms with Crippen LogP contribution in [0.3, 0.4) is 0 Å². The zero-order valence-corrected chi connectivity index (χ0v) is 18.6. The molecular weight excluding hydrogens is 414 g/mol. The minimum Gasteiger partial charge on any atom is -0.337 e. The Morgan fingerprint density at radius 1 is 1.13 bits per heavy atom. The van der Waals surface area contributed by atoms with Crippen molar-refractivity contribution < 1.29 is 0 Å². The van der Waals surface area contributed by atoms with Crippen LogP contribution >= 0.6 is 11.9 Å². The second-order valence-corrected chi connectivity index (χ2v) is 8.16. The summed E-state index contributed by atoms with van der Waals surface area (Å²) in [4.78, 5) is 35.8. The van der Waals surface area contributed by atoms with Crippen molar-refractivity contribution in [3.63, 3.8) is 0 Å². The van der Waals surface area contributed by atoms with Crippen molar-refractivity contribution in [3.8, 4) is 0 Å². The van der Waals surface area contributed by atoms with Crippen molar-refractivity contribution in [1.29, 1.82) is 0 Å². The van der Waals surface area contributed by atoms with E-state index >= 15 is 0 Å². The first-order chi connectivity index (χ1) is 15.0. The van der Waals surface area contributed by atoms with Crippen LogP contribution in [0.15, 0.2) is 51.4 Å². The Labute approximate surface area is 183 Å². The Balaban J connectivity index is 1.45. The van der Waals surface area contributed by atoms with E-state index in [1.165, 1.54) is 16.5 Å². The summed E-state index contributed by atoms with van der Waals surface area (Å²) in [5, 5.41) is 0.948. The maximum atomic E-state index is 12.4. The van der Waals surface area contributed by atoms with Crippen LogP contribution in [-0.4, -0.2) is 28.7 Å². The lowest BCUT2D eigenvalue weighted by molar-refractivity contribution is 0.742. The normalized spacial score (nSPS) is 11.5. The molecule has 0 radical (unpaired) electrons. The largest absolute Gasteiger partial charge is 0.337 e. The minimum absolute atomic E-state index is 0.336. The number of hydrogen-bond acceptors (Lipinski definition) is 6. The second-order valence-electron chi connectivity index (χ2n) is 7.25. The highest BCUT2D eigenvalue weighted by Gasteiger charge is 2.13. The van der Waals surface area contributed by atoms with E-state index in [1.807, 2.05) is 49.0 Å². The minimum atomic E-state index is -0.456. The van der Waals surface area contributed by atoms with Gasteiger partial charge in [0.1, 0.15) is 10.9 Å². The summed E-state index contributed by atoms with van der Waals surface area (Å²) in [6, 6.07) is 8.02. The number of aromatic nitrogens is 6. The average molecular weight is 440 g/mol. The zero-order chi connectivity index (χ0) is 22.0. The molecule has 0 saturated heterocycles. The van der Waals surface area contributed by atoms with E-state index in [-0.39, 0.29) is 0 Å². The van der Waals surface area contributed by atoms with E-state index in [4.69, 9.17) is 0 Å². The fourth-order valence-electron chi connectivity index (χ4n) is 3.50. The molecule has 10 heteroatoms. The van der Waals surface area contributed by atoms with Gasteiger partial charge < -0.3 is 9.13 Å². The van der Waals surface area contributed by atoms with Crippen molar-refractivity contribution in [1.82, 2.24) is 33.4 Å². The molecule has 4 rings (SSSR count). The van der Waals surface area contributed by atoms with E-state index in [1.54, 1.807) is 10.9 Å². The van der Waals surface area contributed by atoms with E-state index in [9.17, 15) is 9.59 Å². The molecular formula is C21H25N7O2S. The first-order valence-electron chi connectivity index (χ1n) is 10.2. The summed E-state index contributed by atoms with van der Waals surface area (Å²) in [5.41, 5.74) is 2.03. The molecule has 2 N–H and O–H groups in total. The van der Waals surface area contributed by atoms with E-state index in [2.05, 4.69) is 26.6 Å². The molecule has 31 heavy (non-hydrogen) atoms. The number of hydrogen-bond donors (Lipinski definition) is 2. The van der Waals surface area contributed by atoms with Gasteiger partial charge in [-0.1, -0.05) is 31.2 Å². The van der Waals surface area contributed by atoms with Crippen LogP contribution in [0.4, 0.5) is 0 Å². The van der Waals surface area contributed by atoms with Gasteiger partial charge in [0.15, 0.2) is 11.2 Å². The summed E-state index contributed by atoms with van der Waals surface area (Å²) in [6.07, 6.45) is 4.51. The Bertz CT molecular complexity index is 1310. The standard InChI is InChI=1S/C21H25N7O2S/c1-4-16-24-17(12-26(16)3)31-23-10-14-6-8-15(9-7-14)11-28-19-18(20(29)25-21(28)30)27(5-2)13-22-19/h6-9,12-13,23H,4-5,10-11H2,1-3H3,(H,25,29,30). The number of imidazole rings is 2. The van der Waals surface area contributed by atoms with Gasteiger partial charge in [0.25, 0.3) is 5.56 Å². The Morgan fingerprint density at radius 3 is 2.55 bits per heavy atom. The van der Waals surface area contributed by atoms with Crippen LogP contribution in [-0.2, 0) is 33.1 Å². The molecule has 0 atom stereocenters. The quantitative estimate of drug-likeness (QED) is 0.408. The van der Waals surface area contributed by atoms with Crippen molar-refractivity contribution in [3.05, 3.63) is 74.6 Å². The van der Waals surface area contributed by atoms with Crippen LogP contribution in [0.2, 0.25) is 0 Å². The van der Waals surface area contributed by atoms with Gasteiger partial charge in [-0.15, -0.1) is 0 Å². The molecule has 0 unspecified atom stereocenters. The number of benzene rings is 1. The van der Waals surface area contributed by atoms with Gasteiger partial charge in [-0.05, 0) is 30.0 Å². The lowest BCUT2D eigenvalue weighted by Gasteiger charge is -2.08. The molecule has 0 amide bonds. The molecule has 0 saturated carbocycles. The second kappa shape index (κ2) is 8.94. The van der Waals surface area contributed by atoms with Crippen LogP contribution < -0.4 is 16.0 Å². The number of rotatable bonds is 8. The Hall–Kier alpha value is -3.11. The molecule has 0 fully saturated rings. The topological polar surface area (TPSA) is 103 Å². The number of H-pyrrole nitrogens is 1. The summed E-state index contributed by atoms with van der Waals surface area (Å²) in [6.45, 7) is 5.65. The lowest BCUT2D eigenvalue weighted by Crippen LogP contribution is -2.31. The van der Waals surface area contributed by atoms with Crippen molar-refractivity contribution in [2.45, 2.75) is 44.9 Å². The molecule has 9 nitrogen and oxygen atoms in total. The maximum Gasteiger partial charge on any atom is 0.330 e. The van der Waals surface area contributed by atoms with Crippen LogP contribution in [0.25, 0.3) is 11.2 Å². The highest BCUT2D eigenvalue weighted by atomic mass is 32.2. The molecule has 4 aromatic rings. The third-order valence-electron chi connectivity index (χ3n) is 5.18. The predicted molar refractivity (Wildman–Crippen MR) is 121 cm³/mol. The van der Waals surface area contributed by atoms with Gasteiger partial charge in [0, 0.05) is 32.8 Å². The number of fused-ring (bicyclic) bond motifs is 1. The highest BCUT2D eigenvalue weighted by Crippen LogP contribution is 2.15. The van der Waals surface area contributed by atoms with Crippen LogP contribution in [0.5, 0.6) is 0 Å². The molecule has 1 aromatic carbocycles. The monoisotopic (exact) mass is 439 g/mol. The van der Waals surface area contributed by atoms with Gasteiger partial charge >= 0.3 is 5.69 Å². The molecule has 0 bridgehead atoms. The summed E-state index contributed by atoms with van der Waals surface area (Å²) in [7, 11) is 2.00. The smallest absolute Gasteiger partial charge is 0.330 e. The molecule has 0 aliphatic carbocycles. The van der Waals surface area contributed by atoms with Gasteiger partial charge in [0.05, 0.1) is 12.9 Å². The molecule has 162 valence electrons. The highest BCUT2D eigenvalue weighted by molar-refractivity contribution is 7.97. The Kier molecular flexibility index (Phi) is 6.10. The molecule has 0 aliphatic rings. The SMILES string of the molecule is CCc1nc(SNCc2ccc(Cn3c(=O)[nH]c(=O)c4c3ncn4CC)cc2)cn1C. The molecule has 0 aliphatic heterocycles. The lowest BCUT2D eigenvalue weighted by atomic mass is 10.1. The summed E-state index contributed by atoms with van der Waals surface area (Å²) < 4.78 is 8.61. The van der Waals surface area contributed by atoms with Crippen molar-refractivity contribution in [2.24, 2.45) is 7.05 Å². The van der Waals surface area contributed by atoms with Gasteiger partial charge in [-0.2, -0.15) is 0 Å². The number of nitrogens with zero attached hydrogens (tertiary/aromatic N) is 5. The van der Waals surface area contributed by atoms with Crippen molar-refractivity contribution in [2.75, 3.05) is 0 Å². The van der Waals surface area contributed by atoms with Gasteiger partial charge in [-0.3, -0.25) is 19.1 Å². The summed E-state index contributed by atoms with van der Waals surface area (Å²) >= 11 is 1.51. The zero-order valence-electron chi connectivity index (χ0n) is 17.8. The first kappa shape index (κ1) is 21.1. The fraction of sp³-hybridized carbons (Fsp3) is 0.333. The number of aryl methyl sites for hydroxylation is 3. The Morgan fingerprint density at radius 2 is 1.87 bits per heavy atom. The predicted octanol–water partition coefficient (Wildman–Crippen LogP) is 2.05. The summed E-state index contributed by atoms with van der Waals surface area (Å²) in [5.74, 6) is 1.06. The third-order valence-corrected chi connectivity index (χ3v) is 5.87. The van der Waals surface area contributed by atoms with Gasteiger partial charge in [0.2, 0.25) is 0 Å². The number of aromatic amines is 1. The fourth-order valence-corrected chi connectivity index (χ4v) is 4.25. The molecule has 0 spiro atoms. The van der Waals surface area contributed by atoms with E-state index < -0.39 is 11.2 Å². The van der Waals surface area contributed by atoms with E-state index in [0.29, 0.717) is 30.8 Å². The average Bonchev–Trinajstić information content (AvgIpc) is 3.35. The van der Waals surface area contributed by atoms with Crippen LogP contribution in [0.1, 0.15) is 30.8 Å². The third kappa shape index (κ3) is 4.35. The number of nitrogens with one attached hydrogen (secondary N) is 2. The van der Waals surface area contributed by atoms with E-state index in [0.717, 1.165) is 28.4 Å². The maximum absolute atomic E-state index is 12.4. The molecule has 3 heterocycles. The first-order valence-corrected chi connectivity index (χ1v) is 11.0. The van der Waals surface area contributed by atoms with Crippen molar-refractivity contribution >= 4 is 23.1 Å². The van der Waals surface area contributed by atoms with Gasteiger partial charge in [-0.25, -0.2) is 14.8 Å². The van der Waals surface area contributed by atoms with Crippen LogP contribution in [0, 0.1) is 0 Å².